The minimum Gasteiger partial charge on any atom is -0.352 e. The van der Waals surface area contributed by atoms with Crippen LogP contribution in [0.15, 0.2) is 48.8 Å². The SMILES string of the molecule is Cl.Cl.NC1C2CCC(C2)C1C(=O)NCc1cccc(NC(=O)c2ccncc2)c1. The molecule has 8 heteroatoms. The molecule has 4 atom stereocenters. The Morgan fingerprint density at radius 1 is 1.07 bits per heavy atom. The monoisotopic (exact) mass is 436 g/mol. The number of aromatic nitrogens is 1. The molecule has 4 rings (SSSR count). The number of rotatable bonds is 5. The summed E-state index contributed by atoms with van der Waals surface area (Å²) in [6, 6.07) is 10.8. The van der Waals surface area contributed by atoms with E-state index in [1.807, 2.05) is 24.3 Å². The van der Waals surface area contributed by atoms with E-state index < -0.39 is 0 Å². The summed E-state index contributed by atoms with van der Waals surface area (Å²) in [5.74, 6) is 0.763. The first-order valence-corrected chi connectivity index (χ1v) is 9.45. The lowest BCUT2D eigenvalue weighted by Gasteiger charge is -2.27. The van der Waals surface area contributed by atoms with E-state index in [9.17, 15) is 9.59 Å². The van der Waals surface area contributed by atoms with E-state index >= 15 is 0 Å². The number of amides is 2. The molecule has 6 nitrogen and oxygen atoms in total. The van der Waals surface area contributed by atoms with Crippen molar-refractivity contribution >= 4 is 42.3 Å². The van der Waals surface area contributed by atoms with Crippen molar-refractivity contribution in [2.45, 2.75) is 31.8 Å². The second kappa shape index (κ2) is 10.1. The van der Waals surface area contributed by atoms with E-state index in [0.29, 0.717) is 29.6 Å². The smallest absolute Gasteiger partial charge is 0.255 e. The topological polar surface area (TPSA) is 97.1 Å². The second-order valence-electron chi connectivity index (χ2n) is 7.54. The molecule has 156 valence electrons. The summed E-state index contributed by atoms with van der Waals surface area (Å²) < 4.78 is 0. The van der Waals surface area contributed by atoms with Gasteiger partial charge in [-0.15, -0.1) is 24.8 Å². The third-order valence-corrected chi connectivity index (χ3v) is 5.88. The first-order chi connectivity index (χ1) is 13.1. The van der Waals surface area contributed by atoms with Gasteiger partial charge >= 0.3 is 0 Å². The summed E-state index contributed by atoms with van der Waals surface area (Å²) in [5, 5.41) is 5.90. The van der Waals surface area contributed by atoms with Gasteiger partial charge < -0.3 is 16.4 Å². The molecule has 0 saturated heterocycles. The lowest BCUT2D eigenvalue weighted by atomic mass is 9.84. The fourth-order valence-electron chi connectivity index (χ4n) is 4.50. The number of nitrogens with one attached hydrogen (secondary N) is 2. The molecule has 1 aromatic carbocycles. The summed E-state index contributed by atoms with van der Waals surface area (Å²) in [6.07, 6.45) is 6.54. The summed E-state index contributed by atoms with van der Waals surface area (Å²) in [5.41, 5.74) is 8.44. The number of carbonyl (C=O) groups is 2. The number of halogens is 2. The van der Waals surface area contributed by atoms with E-state index in [0.717, 1.165) is 24.8 Å². The highest BCUT2D eigenvalue weighted by Crippen LogP contribution is 2.47. The Balaban J connectivity index is 0.00000150. The van der Waals surface area contributed by atoms with Gasteiger partial charge in [0, 0.05) is 36.2 Å². The molecule has 2 saturated carbocycles. The molecule has 4 N–H and O–H groups in total. The molecule has 4 unspecified atom stereocenters. The number of fused-ring (bicyclic) bond motifs is 2. The zero-order valence-corrected chi connectivity index (χ0v) is 17.5. The van der Waals surface area contributed by atoms with Crippen molar-refractivity contribution in [2.24, 2.45) is 23.5 Å². The van der Waals surface area contributed by atoms with Crippen LogP contribution in [0, 0.1) is 17.8 Å². The minimum atomic E-state index is -0.188. The predicted octanol–water partition coefficient (Wildman–Crippen LogP) is 3.17. The van der Waals surface area contributed by atoms with E-state index in [-0.39, 0.29) is 48.6 Å². The largest absolute Gasteiger partial charge is 0.352 e. The Morgan fingerprint density at radius 2 is 1.79 bits per heavy atom. The van der Waals surface area contributed by atoms with Crippen LogP contribution in [-0.2, 0) is 11.3 Å². The van der Waals surface area contributed by atoms with Gasteiger partial charge in [-0.25, -0.2) is 0 Å². The highest BCUT2D eigenvalue weighted by Gasteiger charge is 2.48. The van der Waals surface area contributed by atoms with Crippen molar-refractivity contribution in [3.63, 3.8) is 0 Å². The van der Waals surface area contributed by atoms with Crippen molar-refractivity contribution in [2.75, 3.05) is 5.32 Å². The number of hydrogen-bond acceptors (Lipinski definition) is 4. The Labute approximate surface area is 182 Å². The molecular formula is C21H26Cl2N4O2. The lowest BCUT2D eigenvalue weighted by Crippen LogP contribution is -2.45. The van der Waals surface area contributed by atoms with Crippen molar-refractivity contribution < 1.29 is 9.59 Å². The number of nitrogens with two attached hydrogens (primary N) is 1. The van der Waals surface area contributed by atoms with E-state index in [1.165, 1.54) is 0 Å². The number of nitrogens with zero attached hydrogens (tertiary/aromatic N) is 1. The molecule has 1 heterocycles. The summed E-state index contributed by atoms with van der Waals surface area (Å²) in [7, 11) is 0. The molecule has 0 aliphatic heterocycles. The van der Waals surface area contributed by atoms with E-state index in [1.54, 1.807) is 24.5 Å². The predicted molar refractivity (Wildman–Crippen MR) is 117 cm³/mol. The molecule has 0 spiro atoms. The summed E-state index contributed by atoms with van der Waals surface area (Å²) in [6.45, 7) is 0.429. The maximum absolute atomic E-state index is 12.6. The van der Waals surface area contributed by atoms with Crippen LogP contribution in [0.5, 0.6) is 0 Å². The fourth-order valence-corrected chi connectivity index (χ4v) is 4.50. The van der Waals surface area contributed by atoms with Gasteiger partial charge in [0.1, 0.15) is 0 Å². The summed E-state index contributed by atoms with van der Waals surface area (Å²) in [4.78, 5) is 28.8. The first kappa shape index (κ1) is 23.1. The molecule has 0 radical (unpaired) electrons. The second-order valence-corrected chi connectivity index (χ2v) is 7.54. The standard InChI is InChI=1S/C21H24N4O2.2ClH/c22-19-16-5-4-15(11-16)18(19)21(27)24-12-13-2-1-3-17(10-13)25-20(26)14-6-8-23-9-7-14;;/h1-3,6-10,15-16,18-19H,4-5,11-12,22H2,(H,24,27)(H,25,26);2*1H. The Kier molecular flexibility index (Phi) is 8.02. The van der Waals surface area contributed by atoms with Gasteiger partial charge in [0.2, 0.25) is 5.91 Å². The van der Waals surface area contributed by atoms with E-state index in [2.05, 4.69) is 15.6 Å². The van der Waals surface area contributed by atoms with Gasteiger partial charge in [-0.05, 0) is 60.9 Å². The molecule has 2 fully saturated rings. The van der Waals surface area contributed by atoms with Crippen molar-refractivity contribution in [1.29, 1.82) is 0 Å². The van der Waals surface area contributed by atoms with Gasteiger partial charge in [-0.1, -0.05) is 12.1 Å². The Bertz CT molecular complexity index is 848. The average molecular weight is 437 g/mol. The summed E-state index contributed by atoms with van der Waals surface area (Å²) >= 11 is 0. The Morgan fingerprint density at radius 3 is 2.48 bits per heavy atom. The molecular weight excluding hydrogens is 411 g/mol. The first-order valence-electron chi connectivity index (χ1n) is 9.45. The molecule has 29 heavy (non-hydrogen) atoms. The van der Waals surface area contributed by atoms with Crippen LogP contribution >= 0.6 is 24.8 Å². The highest BCUT2D eigenvalue weighted by atomic mass is 35.5. The van der Waals surface area contributed by atoms with Crippen LogP contribution in [0.25, 0.3) is 0 Å². The molecule has 2 aliphatic carbocycles. The van der Waals surface area contributed by atoms with Crippen LogP contribution in [-0.4, -0.2) is 22.8 Å². The number of hydrogen-bond donors (Lipinski definition) is 3. The van der Waals surface area contributed by atoms with Gasteiger partial charge in [0.15, 0.2) is 0 Å². The number of benzene rings is 1. The van der Waals surface area contributed by atoms with Gasteiger partial charge in [-0.3, -0.25) is 14.6 Å². The normalized spacial score (nSPS) is 24.2. The maximum Gasteiger partial charge on any atom is 0.255 e. The van der Waals surface area contributed by atoms with Crippen LogP contribution in [0.2, 0.25) is 0 Å². The minimum absolute atomic E-state index is 0. The van der Waals surface area contributed by atoms with Crippen LogP contribution in [0.3, 0.4) is 0 Å². The highest BCUT2D eigenvalue weighted by molar-refractivity contribution is 6.04. The lowest BCUT2D eigenvalue weighted by molar-refractivity contribution is -0.127. The van der Waals surface area contributed by atoms with Crippen molar-refractivity contribution in [3.05, 3.63) is 59.9 Å². The molecule has 2 aliphatic rings. The van der Waals surface area contributed by atoms with Crippen LogP contribution in [0.4, 0.5) is 5.69 Å². The van der Waals surface area contributed by atoms with Crippen molar-refractivity contribution in [3.8, 4) is 0 Å². The van der Waals surface area contributed by atoms with E-state index in [4.69, 9.17) is 5.73 Å². The third kappa shape index (κ3) is 5.07. The van der Waals surface area contributed by atoms with Gasteiger partial charge in [0.25, 0.3) is 5.91 Å². The molecule has 2 bridgehead atoms. The maximum atomic E-state index is 12.6. The number of carbonyl (C=O) groups excluding carboxylic acids is 2. The molecule has 2 amide bonds. The van der Waals surface area contributed by atoms with Crippen LogP contribution < -0.4 is 16.4 Å². The zero-order chi connectivity index (χ0) is 18.8. The Hall–Kier alpha value is -2.15. The average Bonchev–Trinajstić information content (AvgIpc) is 3.28. The van der Waals surface area contributed by atoms with Gasteiger partial charge in [0.05, 0.1) is 5.92 Å². The number of pyridine rings is 1. The fraction of sp³-hybridized carbons (Fsp3) is 0.381. The quantitative estimate of drug-likeness (QED) is 0.670. The molecule has 2 aromatic rings. The third-order valence-electron chi connectivity index (χ3n) is 5.88. The number of anilines is 1. The molecule has 1 aromatic heterocycles. The van der Waals surface area contributed by atoms with Crippen molar-refractivity contribution in [1.82, 2.24) is 10.3 Å². The van der Waals surface area contributed by atoms with Crippen LogP contribution in [0.1, 0.15) is 35.2 Å². The zero-order valence-electron chi connectivity index (χ0n) is 15.9. The van der Waals surface area contributed by atoms with Gasteiger partial charge in [-0.2, -0.15) is 0 Å².